The molecule has 0 radical (unpaired) electrons. The lowest BCUT2D eigenvalue weighted by Crippen LogP contribution is -2.69. The Morgan fingerprint density at radius 1 is 0.545 bits per heavy atom. The molecule has 0 bridgehead atoms. The Morgan fingerprint density at radius 3 is 1.36 bits per heavy atom. The van der Waals surface area contributed by atoms with Gasteiger partial charge >= 0.3 is 23.9 Å². The number of fused-ring (bicyclic) bond motifs is 4. The highest BCUT2D eigenvalue weighted by molar-refractivity contribution is 5.89. The predicted molar refractivity (Wildman–Crippen MR) is 398 cm³/mol. The molecule has 8 heterocycles. The van der Waals surface area contributed by atoms with Crippen LogP contribution in [-0.2, 0) is 109 Å². The van der Waals surface area contributed by atoms with E-state index in [1.54, 1.807) is 76.2 Å². The summed E-state index contributed by atoms with van der Waals surface area (Å²) in [4.78, 5) is 76.4. The van der Waals surface area contributed by atoms with Crippen LogP contribution < -0.4 is 5.90 Å². The van der Waals surface area contributed by atoms with Crippen molar-refractivity contribution in [3.05, 3.63) is 0 Å². The first kappa shape index (κ1) is 96.9. The molecule has 0 aromatic rings. The number of likely N-dealkylation sites (N-methyl/N-ethyl adjacent to an activating group) is 2. The number of aliphatic hydroxyl groups excluding tert-OH is 4. The van der Waals surface area contributed by atoms with Gasteiger partial charge in [-0.2, -0.15) is 0 Å². The number of nitrogens with zero attached hydrogens (tertiary/aromatic N) is 3. The summed E-state index contributed by atoms with van der Waals surface area (Å²) >= 11 is 0. The lowest BCUT2D eigenvalue weighted by Gasteiger charge is -2.56. The summed E-state index contributed by atoms with van der Waals surface area (Å²) in [6.07, 6.45) is -15.5. The first-order valence-electron chi connectivity index (χ1n) is 39.3. The third-order valence-corrected chi connectivity index (χ3v) is 24.7. The highest BCUT2D eigenvalue weighted by Crippen LogP contribution is 2.50. The zero-order valence-electron chi connectivity index (χ0n) is 70.4. The number of oxime groups is 1. The number of cyclic esters (lactones) is 2. The van der Waals surface area contributed by atoms with E-state index in [0.717, 1.165) is 0 Å². The molecule has 25 unspecified atom stereocenters. The van der Waals surface area contributed by atoms with Crippen molar-refractivity contribution in [2.75, 3.05) is 76.5 Å². The van der Waals surface area contributed by atoms with E-state index in [1.165, 1.54) is 42.3 Å². The second kappa shape index (κ2) is 40.2. The number of ketones is 1. The number of nitrogens with two attached hydrogens (primary N) is 1. The molecule has 0 spiro atoms. The highest BCUT2D eigenvalue weighted by atomic mass is 16.8. The fourth-order valence-electron chi connectivity index (χ4n) is 17.6. The van der Waals surface area contributed by atoms with Crippen LogP contribution in [0.1, 0.15) is 169 Å². The summed E-state index contributed by atoms with van der Waals surface area (Å²) in [7, 11) is 13.8. The Kier molecular flexibility index (Phi) is 34.8. The number of Topliss-reactive ketones (excluding diaryl/α,β-unsaturated/α-hetero) is 1. The zero-order chi connectivity index (χ0) is 84.6. The van der Waals surface area contributed by atoms with E-state index in [4.69, 9.17) is 85.7 Å². The van der Waals surface area contributed by atoms with Crippen LogP contribution in [-0.4, -0.2) is 325 Å². The van der Waals surface area contributed by atoms with Crippen molar-refractivity contribution in [1.29, 1.82) is 0 Å². The topological polar surface area (TPSA) is 458 Å². The third-order valence-electron chi connectivity index (χ3n) is 24.7. The number of hydrogen-bond donors (Lipinski definition) is 9. The first-order chi connectivity index (χ1) is 52.1. The normalized spacial score (nSPS) is 46.5. The molecule has 0 aliphatic carbocycles. The van der Waals surface area contributed by atoms with Crippen LogP contribution in [0.2, 0.25) is 0 Å². The van der Waals surface area contributed by atoms with Gasteiger partial charge in [-0.1, -0.05) is 60.5 Å². The minimum atomic E-state index is -2.00. The SMILES string of the molecule is CCC1OC(=O)[C@H](C)C(OC2CC(C)(OC)C(O)C(C)O2)C(C)C2OC3OC(C)CC(N(C)C)C3O[C@@]2(OC)CC(C)C(=O)[C@H](C)[C@@H](O)[C@]1(C)O.CCC1OC(=O)[C@H](C)C(OC2CC(C)(OC)C(O)C(C)O2)C(C)C2OC3OCCC(N(C)C)C3O[C@@]2(OC)CC(C)/C(=N\OCC(=O)O)[C@H](C)[C@@H](O)[C@]1(C)O.NOCC(=O)O. The van der Waals surface area contributed by atoms with Gasteiger partial charge in [0.25, 0.3) is 0 Å². The van der Waals surface area contributed by atoms with Gasteiger partial charge in [-0.15, -0.1) is 0 Å². The second-order valence-electron chi connectivity index (χ2n) is 33.4. The minimum absolute atomic E-state index is 0.0309. The van der Waals surface area contributed by atoms with Gasteiger partial charge in [0, 0.05) is 102 Å². The molecule has 8 aliphatic rings. The molecule has 0 saturated carbocycles. The van der Waals surface area contributed by atoms with Gasteiger partial charge < -0.3 is 131 Å². The molecule has 650 valence electrons. The third kappa shape index (κ3) is 21.6. The molecule has 35 heteroatoms. The average Bonchev–Trinajstić information content (AvgIpc) is 0.742. The number of ether oxygens (including phenoxy) is 16. The molecular weight excluding hydrogens is 1480 g/mol. The van der Waals surface area contributed by atoms with Crippen LogP contribution in [0.3, 0.4) is 0 Å². The number of methoxy groups -OCH3 is 4. The van der Waals surface area contributed by atoms with Gasteiger partial charge in [-0.3, -0.25) is 19.2 Å². The van der Waals surface area contributed by atoms with Gasteiger partial charge in [0.2, 0.25) is 6.61 Å². The summed E-state index contributed by atoms with van der Waals surface area (Å²) in [5.41, 5.74) is -5.79. The Labute approximate surface area is 659 Å². The molecule has 10 N–H and O–H groups in total. The van der Waals surface area contributed by atoms with Gasteiger partial charge in [0.1, 0.15) is 65.8 Å². The van der Waals surface area contributed by atoms with Crippen molar-refractivity contribution in [2.45, 2.75) is 332 Å². The molecule has 0 amide bonds. The van der Waals surface area contributed by atoms with Crippen LogP contribution in [0, 0.1) is 47.3 Å². The summed E-state index contributed by atoms with van der Waals surface area (Å²) in [5.74, 6) is -9.51. The van der Waals surface area contributed by atoms with Crippen molar-refractivity contribution < 1.29 is 150 Å². The van der Waals surface area contributed by atoms with Crippen LogP contribution in [0.5, 0.6) is 0 Å². The van der Waals surface area contributed by atoms with E-state index >= 15 is 0 Å². The van der Waals surface area contributed by atoms with Crippen LogP contribution in [0.25, 0.3) is 0 Å². The molecular formula is C77H136N4O31. The van der Waals surface area contributed by atoms with Crippen LogP contribution in [0.15, 0.2) is 5.16 Å². The molecule has 8 aliphatic heterocycles. The standard InChI is InChI=1S/C38H66N2O15.C37H65NO13.C2H5NO3/c1-13-25-37(8,46)31(43)20(3)28(39-50-18-26(41)42)19(2)16-38(48-12)33(54-35-30(55-38)24(40(9)10)14-15-49-35)21(4)29(22(5)34(45)52-25)53-27-17-36(7,47-11)32(44)23(6)51-27;1-14-25-36(9,43)30(40)20(4)27(39)18(2)16-37(45-13)32(50-34-29(51-37)24(38(10)11)15-19(3)46-34)21(5)28(22(6)33(42)48-25)49-26-17-35(8,44-12)31(41)23(7)47-26;3-6-1-2(4)5/h19-25,27,29-33,35,43-44,46H,13-18H2,1-12H3,(H,41,42);18-26,28-32,34,40-41,43H,14-17H2,1-13H3;1,3H2,(H,4,5)/b39-28+;;/t19?,20-,21?,22+,23?,24?,25?,27?,29?,30?,31+,32?,33?,35?,36?,37+,38-;18?,19?,20-,21?,22+,23?,24?,25?,26?,28?,29?,30+,31?,32?,34?,35?,36+,37-;/m00./s1. The molecule has 0 aromatic carbocycles. The smallest absolute Gasteiger partial charge is 0.344 e. The summed E-state index contributed by atoms with van der Waals surface area (Å²) < 4.78 is 102. The quantitative estimate of drug-likeness (QED) is 0.0745. The number of carbonyl (C=O) groups excluding carboxylic acids is 3. The lowest BCUT2D eigenvalue weighted by molar-refractivity contribution is -0.430. The maximum Gasteiger partial charge on any atom is 0.344 e. The van der Waals surface area contributed by atoms with E-state index in [0.29, 0.717) is 19.4 Å². The van der Waals surface area contributed by atoms with Crippen LogP contribution in [0.4, 0.5) is 0 Å². The van der Waals surface area contributed by atoms with Gasteiger partial charge in [-0.05, 0) is 116 Å². The second-order valence-corrected chi connectivity index (χ2v) is 33.4. The largest absolute Gasteiger partial charge is 0.479 e. The monoisotopic (exact) mass is 1610 g/mol. The molecule has 35 nitrogen and oxygen atoms in total. The molecule has 8 fully saturated rings. The van der Waals surface area contributed by atoms with E-state index in [2.05, 4.69) is 20.8 Å². The molecule has 8 rings (SSSR count). The zero-order valence-corrected chi connectivity index (χ0v) is 70.4. The molecule has 112 heavy (non-hydrogen) atoms. The van der Waals surface area contributed by atoms with Crippen LogP contribution >= 0.6 is 0 Å². The van der Waals surface area contributed by atoms with Crippen molar-refractivity contribution in [3.63, 3.8) is 0 Å². The fourth-order valence-corrected chi connectivity index (χ4v) is 17.6. The fraction of sp³-hybridized carbons (Fsp3) is 0.922. The van der Waals surface area contributed by atoms with Crippen molar-refractivity contribution in [1.82, 2.24) is 9.80 Å². The van der Waals surface area contributed by atoms with E-state index in [1.807, 2.05) is 60.8 Å². The van der Waals surface area contributed by atoms with Crippen molar-refractivity contribution >= 4 is 35.4 Å². The Balaban J connectivity index is 0.000000326. The summed E-state index contributed by atoms with van der Waals surface area (Å²) in [5, 5.41) is 90.0. The minimum Gasteiger partial charge on any atom is -0.479 e. The van der Waals surface area contributed by atoms with Crippen molar-refractivity contribution in [3.8, 4) is 0 Å². The number of carboxylic acid groups (broad SMARTS) is 2. The summed E-state index contributed by atoms with van der Waals surface area (Å²) in [6, 6.07) is -0.241. The first-order valence-corrected chi connectivity index (χ1v) is 39.3. The number of hydrogen-bond acceptors (Lipinski definition) is 33. The maximum atomic E-state index is 14.3. The van der Waals surface area contributed by atoms with Gasteiger partial charge in [0.05, 0.1) is 78.1 Å². The average molecular weight is 1610 g/mol. The molecule has 35 atom stereocenters. The highest BCUT2D eigenvalue weighted by Gasteiger charge is 2.63. The maximum absolute atomic E-state index is 14.3. The lowest BCUT2D eigenvalue weighted by atomic mass is 9.75. The number of aliphatic carboxylic acids is 2. The summed E-state index contributed by atoms with van der Waals surface area (Å²) in [6.45, 7) is 28.2. The molecule has 8 saturated heterocycles. The number of rotatable bonds is 17. The predicted octanol–water partition coefficient (Wildman–Crippen LogP) is 3.29. The van der Waals surface area contributed by atoms with Crippen molar-refractivity contribution in [2.24, 2.45) is 58.4 Å². The van der Waals surface area contributed by atoms with E-state index < -0.39 is 229 Å². The number of carbonyl (C=O) groups is 5. The van der Waals surface area contributed by atoms with E-state index in [-0.39, 0.29) is 68.2 Å². The van der Waals surface area contributed by atoms with Gasteiger partial charge in [-0.25, -0.2) is 15.5 Å². The Morgan fingerprint density at radius 2 is 0.964 bits per heavy atom. The molecule has 0 aromatic heterocycles. The number of esters is 2. The number of carboxylic acids is 2. The Bertz CT molecular complexity index is 3070. The van der Waals surface area contributed by atoms with Gasteiger partial charge in [0.15, 0.2) is 43.3 Å². The van der Waals surface area contributed by atoms with E-state index in [9.17, 15) is 59.7 Å². The Hall–Kier alpha value is -3.94. The number of aliphatic hydroxyl groups is 6.